The Morgan fingerprint density at radius 3 is 2.69 bits per heavy atom. The predicted molar refractivity (Wildman–Crippen MR) is 106 cm³/mol. The monoisotopic (exact) mass is 370 g/mol. The maximum atomic E-state index is 12.4. The summed E-state index contributed by atoms with van der Waals surface area (Å²) in [6.45, 7) is 7.68. The van der Waals surface area contributed by atoms with Gasteiger partial charge in [-0.3, -0.25) is 4.79 Å². The highest BCUT2D eigenvalue weighted by Crippen LogP contribution is 2.34. The molecule has 1 N–H and O–H groups in total. The van der Waals surface area contributed by atoms with Crippen molar-refractivity contribution < 1.29 is 4.79 Å². The van der Waals surface area contributed by atoms with Gasteiger partial charge in [-0.25, -0.2) is 9.97 Å². The van der Waals surface area contributed by atoms with E-state index in [2.05, 4.69) is 51.4 Å². The summed E-state index contributed by atoms with van der Waals surface area (Å²) >= 11 is 1.62. The van der Waals surface area contributed by atoms with Crippen LogP contribution >= 0.6 is 11.8 Å². The molecule has 1 aliphatic rings. The normalized spacial score (nSPS) is 17.4. The van der Waals surface area contributed by atoms with E-state index < -0.39 is 0 Å². The Kier molecular flexibility index (Phi) is 6.14. The Labute approximate surface area is 159 Å². The average Bonchev–Trinajstić information content (AvgIpc) is 2.64. The molecule has 5 nitrogen and oxygen atoms in total. The molecule has 0 saturated carbocycles. The second kappa shape index (κ2) is 8.54. The molecular weight excluding hydrogens is 344 g/mol. The van der Waals surface area contributed by atoms with Gasteiger partial charge in [-0.2, -0.15) is 0 Å². The van der Waals surface area contributed by atoms with Gasteiger partial charge in [0.15, 0.2) is 5.82 Å². The number of amides is 1. The summed E-state index contributed by atoms with van der Waals surface area (Å²) in [5.41, 5.74) is 1.24. The second-order valence-electron chi connectivity index (χ2n) is 7.05. The number of carbonyl (C=O) groups is 1. The number of anilines is 1. The first-order valence-corrected chi connectivity index (χ1v) is 9.95. The molecule has 3 rings (SSSR count). The third-order valence-corrected chi connectivity index (χ3v) is 5.39. The van der Waals surface area contributed by atoms with Crippen LogP contribution in [0.2, 0.25) is 0 Å². The smallest absolute Gasteiger partial charge is 0.225 e. The standard InChI is InChI=1S/C20H26N4OS/c1-14(2)23-19(25)16-5-4-12-24(13-16)18-20(22-11-10-21-18)26-17-8-6-15(3)7-9-17/h6-11,14,16H,4-5,12-13H2,1-3H3,(H,23,25)/t16-/m0/s1. The highest BCUT2D eigenvalue weighted by atomic mass is 32.2. The van der Waals surface area contributed by atoms with Crippen molar-refractivity contribution in [2.45, 2.75) is 49.6 Å². The fourth-order valence-corrected chi connectivity index (χ4v) is 3.99. The SMILES string of the molecule is Cc1ccc(Sc2nccnc2N2CCC[C@H](C(=O)NC(C)C)C2)cc1. The zero-order chi connectivity index (χ0) is 18.5. The van der Waals surface area contributed by atoms with Crippen LogP contribution in [0.1, 0.15) is 32.3 Å². The minimum atomic E-state index is 0.00498. The molecule has 0 spiro atoms. The highest BCUT2D eigenvalue weighted by Gasteiger charge is 2.28. The van der Waals surface area contributed by atoms with E-state index in [1.165, 1.54) is 5.56 Å². The number of aromatic nitrogens is 2. The number of piperidine rings is 1. The molecule has 1 saturated heterocycles. The lowest BCUT2D eigenvalue weighted by Gasteiger charge is -2.33. The third kappa shape index (κ3) is 4.75. The minimum Gasteiger partial charge on any atom is -0.354 e. The van der Waals surface area contributed by atoms with Crippen molar-refractivity contribution in [2.75, 3.05) is 18.0 Å². The fourth-order valence-electron chi connectivity index (χ4n) is 3.11. The van der Waals surface area contributed by atoms with Crippen molar-refractivity contribution in [3.8, 4) is 0 Å². The molecule has 0 radical (unpaired) electrons. The zero-order valence-electron chi connectivity index (χ0n) is 15.6. The largest absolute Gasteiger partial charge is 0.354 e. The van der Waals surface area contributed by atoms with E-state index in [1.54, 1.807) is 24.2 Å². The molecule has 2 aromatic rings. The molecular formula is C20H26N4OS. The Morgan fingerprint density at radius 1 is 1.23 bits per heavy atom. The van der Waals surface area contributed by atoms with E-state index in [-0.39, 0.29) is 17.9 Å². The van der Waals surface area contributed by atoms with Gasteiger partial charge >= 0.3 is 0 Å². The number of aryl methyl sites for hydroxylation is 1. The summed E-state index contributed by atoms with van der Waals surface area (Å²) in [7, 11) is 0. The Morgan fingerprint density at radius 2 is 1.96 bits per heavy atom. The maximum absolute atomic E-state index is 12.4. The molecule has 1 atom stereocenters. The molecule has 1 amide bonds. The summed E-state index contributed by atoms with van der Waals surface area (Å²) in [6, 6.07) is 8.58. The second-order valence-corrected chi connectivity index (χ2v) is 8.11. The summed E-state index contributed by atoms with van der Waals surface area (Å²) in [6.07, 6.45) is 5.37. The minimum absolute atomic E-state index is 0.00498. The van der Waals surface area contributed by atoms with Gasteiger partial charge in [-0.1, -0.05) is 29.5 Å². The van der Waals surface area contributed by atoms with Crippen molar-refractivity contribution in [1.29, 1.82) is 0 Å². The first-order chi connectivity index (χ1) is 12.5. The molecule has 1 fully saturated rings. The molecule has 1 aromatic carbocycles. The van der Waals surface area contributed by atoms with Crippen LogP contribution in [-0.4, -0.2) is 35.0 Å². The van der Waals surface area contributed by atoms with Crippen LogP contribution in [0.3, 0.4) is 0 Å². The third-order valence-electron chi connectivity index (χ3n) is 4.40. The molecule has 0 aliphatic carbocycles. The van der Waals surface area contributed by atoms with E-state index in [0.29, 0.717) is 6.54 Å². The highest BCUT2D eigenvalue weighted by molar-refractivity contribution is 7.99. The van der Waals surface area contributed by atoms with Gasteiger partial charge in [0, 0.05) is 36.4 Å². The molecule has 2 heterocycles. The lowest BCUT2D eigenvalue weighted by molar-refractivity contribution is -0.125. The van der Waals surface area contributed by atoms with Gasteiger partial charge in [0.2, 0.25) is 5.91 Å². The Hall–Kier alpha value is -2.08. The zero-order valence-corrected chi connectivity index (χ0v) is 16.4. The van der Waals surface area contributed by atoms with Crippen LogP contribution < -0.4 is 10.2 Å². The van der Waals surface area contributed by atoms with Gasteiger partial charge in [-0.15, -0.1) is 0 Å². The van der Waals surface area contributed by atoms with E-state index in [1.807, 2.05) is 13.8 Å². The lowest BCUT2D eigenvalue weighted by Crippen LogP contribution is -2.45. The van der Waals surface area contributed by atoms with Crippen LogP contribution in [0.15, 0.2) is 46.6 Å². The van der Waals surface area contributed by atoms with Crippen molar-refractivity contribution in [3.63, 3.8) is 0 Å². The van der Waals surface area contributed by atoms with Crippen LogP contribution in [0.5, 0.6) is 0 Å². The van der Waals surface area contributed by atoms with E-state index in [4.69, 9.17) is 0 Å². The maximum Gasteiger partial charge on any atom is 0.225 e. The molecule has 1 aliphatic heterocycles. The van der Waals surface area contributed by atoms with Crippen LogP contribution in [0.25, 0.3) is 0 Å². The number of nitrogens with one attached hydrogen (secondary N) is 1. The number of hydrogen-bond donors (Lipinski definition) is 1. The molecule has 0 bridgehead atoms. The summed E-state index contributed by atoms with van der Waals surface area (Å²) in [5, 5.41) is 3.93. The topological polar surface area (TPSA) is 58.1 Å². The molecule has 1 aromatic heterocycles. The average molecular weight is 371 g/mol. The fraction of sp³-hybridized carbons (Fsp3) is 0.450. The molecule has 0 unspecified atom stereocenters. The summed E-state index contributed by atoms with van der Waals surface area (Å²) in [4.78, 5) is 24.9. The first-order valence-electron chi connectivity index (χ1n) is 9.14. The summed E-state index contributed by atoms with van der Waals surface area (Å²) < 4.78 is 0. The van der Waals surface area contributed by atoms with Crippen LogP contribution in [0.4, 0.5) is 5.82 Å². The molecule has 6 heteroatoms. The van der Waals surface area contributed by atoms with Crippen molar-refractivity contribution in [2.24, 2.45) is 5.92 Å². The first kappa shape index (κ1) is 18.7. The Bertz CT molecular complexity index is 748. The van der Waals surface area contributed by atoms with E-state index in [0.717, 1.165) is 35.1 Å². The Balaban J connectivity index is 1.76. The number of carbonyl (C=O) groups excluding carboxylic acids is 1. The van der Waals surface area contributed by atoms with Crippen LogP contribution in [0, 0.1) is 12.8 Å². The van der Waals surface area contributed by atoms with Gasteiger partial charge in [-0.05, 0) is 45.7 Å². The van der Waals surface area contributed by atoms with Crippen molar-refractivity contribution in [3.05, 3.63) is 42.2 Å². The predicted octanol–water partition coefficient (Wildman–Crippen LogP) is 3.68. The van der Waals surface area contributed by atoms with Gasteiger partial charge in [0.05, 0.1) is 5.92 Å². The quantitative estimate of drug-likeness (QED) is 0.870. The van der Waals surface area contributed by atoms with Gasteiger partial charge in [0.1, 0.15) is 5.03 Å². The van der Waals surface area contributed by atoms with Crippen molar-refractivity contribution >= 4 is 23.5 Å². The number of nitrogens with zero attached hydrogens (tertiary/aromatic N) is 3. The lowest BCUT2D eigenvalue weighted by atomic mass is 9.97. The number of benzene rings is 1. The number of rotatable bonds is 5. The molecule has 26 heavy (non-hydrogen) atoms. The van der Waals surface area contributed by atoms with Crippen LogP contribution in [-0.2, 0) is 4.79 Å². The van der Waals surface area contributed by atoms with Gasteiger partial charge < -0.3 is 10.2 Å². The van der Waals surface area contributed by atoms with Gasteiger partial charge in [0.25, 0.3) is 0 Å². The number of hydrogen-bond acceptors (Lipinski definition) is 5. The van der Waals surface area contributed by atoms with Crippen molar-refractivity contribution in [1.82, 2.24) is 15.3 Å². The van der Waals surface area contributed by atoms with E-state index >= 15 is 0 Å². The molecule has 138 valence electrons. The summed E-state index contributed by atoms with van der Waals surface area (Å²) in [5.74, 6) is 1.02. The van der Waals surface area contributed by atoms with E-state index in [9.17, 15) is 4.79 Å².